The van der Waals surface area contributed by atoms with Gasteiger partial charge in [-0.15, -0.1) is 0 Å². The second-order valence-electron chi connectivity index (χ2n) is 5.61. The van der Waals surface area contributed by atoms with E-state index in [1.54, 1.807) is 18.3 Å². The second-order valence-corrected chi connectivity index (χ2v) is 6.53. The molecule has 0 unspecified atom stereocenters. The predicted octanol–water partition coefficient (Wildman–Crippen LogP) is 4.83. The van der Waals surface area contributed by atoms with Crippen molar-refractivity contribution in [1.82, 2.24) is 4.98 Å². The van der Waals surface area contributed by atoms with Gasteiger partial charge in [0.25, 0.3) is 5.22 Å². The number of thioether (sulfide) groups is 1. The van der Waals surface area contributed by atoms with E-state index in [1.165, 1.54) is 23.3 Å². The summed E-state index contributed by atoms with van der Waals surface area (Å²) in [5.41, 5.74) is 3.49. The molecule has 128 valence electrons. The number of hydrogen-bond donors (Lipinski definition) is 1. The van der Waals surface area contributed by atoms with Crippen molar-refractivity contribution in [3.05, 3.63) is 65.6 Å². The van der Waals surface area contributed by atoms with E-state index in [0.717, 1.165) is 17.3 Å². The summed E-state index contributed by atoms with van der Waals surface area (Å²) in [6, 6.07) is 12.1. The topological polar surface area (TPSA) is 55.1 Å². The van der Waals surface area contributed by atoms with E-state index in [1.807, 2.05) is 25.1 Å². The monoisotopic (exact) mass is 356 g/mol. The molecule has 0 atom stereocenters. The molecule has 1 heterocycles. The molecule has 0 aliphatic heterocycles. The first kappa shape index (κ1) is 17.2. The Labute approximate surface area is 149 Å². The Kier molecular flexibility index (Phi) is 5.19. The number of carbonyl (C=O) groups is 1. The molecule has 0 aliphatic carbocycles. The van der Waals surface area contributed by atoms with Gasteiger partial charge in [0.15, 0.2) is 5.76 Å². The molecule has 25 heavy (non-hydrogen) atoms. The summed E-state index contributed by atoms with van der Waals surface area (Å²) in [6.45, 7) is 4.09. The Hall–Kier alpha value is -2.60. The maximum absolute atomic E-state index is 13.5. The number of anilines is 1. The minimum atomic E-state index is -0.464. The number of nitrogens with zero attached hydrogens (tertiary/aromatic N) is 1. The first-order valence-electron chi connectivity index (χ1n) is 7.73. The van der Waals surface area contributed by atoms with Crippen molar-refractivity contribution in [3.63, 3.8) is 0 Å². The number of carbonyl (C=O) groups excluding carboxylic acids is 1. The van der Waals surface area contributed by atoms with Gasteiger partial charge in [-0.05, 0) is 43.2 Å². The van der Waals surface area contributed by atoms with Crippen LogP contribution in [0.2, 0.25) is 0 Å². The standard InChI is InChI=1S/C19H17FN2O2S/c1-12-7-8-14(9-13(12)2)17-10-21-19(24-17)25-11-18(23)22-16-6-4-3-5-15(16)20/h3-10H,11H2,1-2H3,(H,22,23). The molecule has 1 amide bonds. The van der Waals surface area contributed by atoms with Crippen molar-refractivity contribution >= 4 is 23.4 Å². The Bertz CT molecular complexity index is 908. The van der Waals surface area contributed by atoms with Crippen molar-refractivity contribution in [1.29, 1.82) is 0 Å². The average molecular weight is 356 g/mol. The SMILES string of the molecule is Cc1ccc(-c2cnc(SCC(=O)Nc3ccccc3F)o2)cc1C. The van der Waals surface area contributed by atoms with E-state index in [4.69, 9.17) is 4.42 Å². The van der Waals surface area contributed by atoms with Crippen LogP contribution >= 0.6 is 11.8 Å². The van der Waals surface area contributed by atoms with E-state index in [2.05, 4.69) is 17.2 Å². The first-order chi connectivity index (χ1) is 12.0. The smallest absolute Gasteiger partial charge is 0.256 e. The summed E-state index contributed by atoms with van der Waals surface area (Å²) in [5, 5.41) is 2.93. The normalized spacial score (nSPS) is 10.7. The van der Waals surface area contributed by atoms with Gasteiger partial charge in [0, 0.05) is 5.56 Å². The van der Waals surface area contributed by atoms with Crippen molar-refractivity contribution in [2.75, 3.05) is 11.1 Å². The zero-order valence-electron chi connectivity index (χ0n) is 13.9. The molecule has 6 heteroatoms. The van der Waals surface area contributed by atoms with Crippen LogP contribution < -0.4 is 5.32 Å². The number of aromatic nitrogens is 1. The van der Waals surface area contributed by atoms with Crippen molar-refractivity contribution in [3.8, 4) is 11.3 Å². The Balaban J connectivity index is 1.61. The van der Waals surface area contributed by atoms with E-state index in [0.29, 0.717) is 11.0 Å². The van der Waals surface area contributed by atoms with E-state index in [9.17, 15) is 9.18 Å². The maximum atomic E-state index is 13.5. The largest absolute Gasteiger partial charge is 0.431 e. The van der Waals surface area contributed by atoms with E-state index in [-0.39, 0.29) is 17.3 Å². The summed E-state index contributed by atoms with van der Waals surface area (Å²) >= 11 is 1.16. The van der Waals surface area contributed by atoms with Crippen LogP contribution in [0.5, 0.6) is 0 Å². The first-order valence-corrected chi connectivity index (χ1v) is 8.72. The summed E-state index contributed by atoms with van der Waals surface area (Å²) in [7, 11) is 0. The van der Waals surface area contributed by atoms with Crippen LogP contribution in [0, 0.1) is 19.7 Å². The Morgan fingerprint density at radius 1 is 1.20 bits per heavy atom. The van der Waals surface area contributed by atoms with Gasteiger partial charge in [-0.25, -0.2) is 9.37 Å². The van der Waals surface area contributed by atoms with Crippen LogP contribution in [0.25, 0.3) is 11.3 Å². The minimum Gasteiger partial charge on any atom is -0.431 e. The highest BCUT2D eigenvalue weighted by Gasteiger charge is 2.11. The van der Waals surface area contributed by atoms with Gasteiger partial charge in [-0.1, -0.05) is 36.0 Å². The van der Waals surface area contributed by atoms with Crippen LogP contribution in [-0.2, 0) is 4.79 Å². The molecule has 3 aromatic rings. The van der Waals surface area contributed by atoms with E-state index >= 15 is 0 Å². The maximum Gasteiger partial charge on any atom is 0.256 e. The second kappa shape index (κ2) is 7.53. The number of nitrogens with one attached hydrogen (secondary N) is 1. The third kappa shape index (κ3) is 4.28. The lowest BCUT2D eigenvalue weighted by Crippen LogP contribution is -2.14. The number of para-hydroxylation sites is 1. The number of aryl methyl sites for hydroxylation is 2. The molecule has 1 N–H and O–H groups in total. The van der Waals surface area contributed by atoms with Crippen molar-refractivity contribution in [2.24, 2.45) is 0 Å². The molecule has 2 aromatic carbocycles. The Morgan fingerprint density at radius 3 is 2.76 bits per heavy atom. The number of amides is 1. The fourth-order valence-corrected chi connectivity index (χ4v) is 2.83. The third-order valence-corrected chi connectivity index (χ3v) is 4.59. The fourth-order valence-electron chi connectivity index (χ4n) is 2.23. The van der Waals surface area contributed by atoms with Crippen LogP contribution in [-0.4, -0.2) is 16.6 Å². The van der Waals surface area contributed by atoms with Crippen LogP contribution in [0.3, 0.4) is 0 Å². The summed E-state index contributed by atoms with van der Waals surface area (Å²) in [5.74, 6) is -0.0450. The lowest BCUT2D eigenvalue weighted by atomic mass is 10.1. The number of benzene rings is 2. The fraction of sp³-hybridized carbons (Fsp3) is 0.158. The Morgan fingerprint density at radius 2 is 2.00 bits per heavy atom. The van der Waals surface area contributed by atoms with Crippen LogP contribution in [0.15, 0.2) is 58.3 Å². The lowest BCUT2D eigenvalue weighted by Gasteiger charge is -2.04. The van der Waals surface area contributed by atoms with Crippen LogP contribution in [0.4, 0.5) is 10.1 Å². The molecule has 0 saturated carbocycles. The highest BCUT2D eigenvalue weighted by atomic mass is 32.2. The summed E-state index contributed by atoms with van der Waals surface area (Å²) in [6.07, 6.45) is 1.64. The molecule has 3 rings (SSSR count). The van der Waals surface area contributed by atoms with Gasteiger partial charge in [0.1, 0.15) is 5.82 Å². The molecule has 0 bridgehead atoms. The predicted molar refractivity (Wildman–Crippen MR) is 97.2 cm³/mol. The van der Waals surface area contributed by atoms with E-state index < -0.39 is 5.82 Å². The molecule has 0 fully saturated rings. The molecule has 0 spiro atoms. The third-order valence-electron chi connectivity index (χ3n) is 3.75. The number of halogens is 1. The quantitative estimate of drug-likeness (QED) is 0.666. The van der Waals surface area contributed by atoms with Crippen molar-refractivity contribution < 1.29 is 13.6 Å². The van der Waals surface area contributed by atoms with Gasteiger partial charge >= 0.3 is 0 Å². The average Bonchev–Trinajstić information content (AvgIpc) is 3.07. The molecule has 4 nitrogen and oxygen atoms in total. The molecular formula is C19H17FN2O2S. The molecule has 0 aliphatic rings. The number of hydrogen-bond acceptors (Lipinski definition) is 4. The number of oxazole rings is 1. The minimum absolute atomic E-state index is 0.0845. The van der Waals surface area contributed by atoms with Crippen LogP contribution in [0.1, 0.15) is 11.1 Å². The lowest BCUT2D eigenvalue weighted by molar-refractivity contribution is -0.113. The van der Waals surface area contributed by atoms with Gasteiger partial charge in [-0.3, -0.25) is 4.79 Å². The van der Waals surface area contributed by atoms with Gasteiger partial charge in [0.2, 0.25) is 5.91 Å². The van der Waals surface area contributed by atoms with Gasteiger partial charge in [0.05, 0.1) is 17.6 Å². The van der Waals surface area contributed by atoms with Crippen molar-refractivity contribution in [2.45, 2.75) is 19.1 Å². The van der Waals surface area contributed by atoms with Gasteiger partial charge < -0.3 is 9.73 Å². The zero-order chi connectivity index (χ0) is 17.8. The molecular weight excluding hydrogens is 339 g/mol. The zero-order valence-corrected chi connectivity index (χ0v) is 14.7. The van der Waals surface area contributed by atoms with Gasteiger partial charge in [-0.2, -0.15) is 0 Å². The number of rotatable bonds is 5. The molecule has 0 radical (unpaired) electrons. The summed E-state index contributed by atoms with van der Waals surface area (Å²) in [4.78, 5) is 16.1. The highest BCUT2D eigenvalue weighted by molar-refractivity contribution is 7.99. The highest BCUT2D eigenvalue weighted by Crippen LogP contribution is 2.27. The summed E-state index contributed by atoms with van der Waals surface area (Å²) < 4.78 is 19.2. The molecule has 0 saturated heterocycles. The molecule has 1 aromatic heterocycles.